The number of fused-ring (bicyclic) bond motifs is 1. The van der Waals surface area contributed by atoms with Crippen molar-refractivity contribution in [2.24, 2.45) is 11.1 Å². The number of rotatable bonds is 3. The van der Waals surface area contributed by atoms with E-state index in [0.717, 1.165) is 60.6 Å². The van der Waals surface area contributed by atoms with Gasteiger partial charge in [0.2, 0.25) is 5.91 Å². The van der Waals surface area contributed by atoms with Crippen molar-refractivity contribution in [3.05, 3.63) is 71.6 Å². The zero-order chi connectivity index (χ0) is 22.3. The monoisotopic (exact) mass is 426 g/mol. The van der Waals surface area contributed by atoms with Gasteiger partial charge in [-0.2, -0.15) is 0 Å². The van der Waals surface area contributed by atoms with Crippen LogP contribution in [0.25, 0.3) is 22.2 Å². The van der Waals surface area contributed by atoms with Gasteiger partial charge < -0.3 is 10.7 Å². The highest BCUT2D eigenvalue weighted by atomic mass is 19.1. The third-order valence-corrected chi connectivity index (χ3v) is 6.39. The van der Waals surface area contributed by atoms with Crippen LogP contribution in [0.15, 0.2) is 48.6 Å². The largest absolute Gasteiger partial charge is 0.369 e. The highest BCUT2D eigenvalue weighted by molar-refractivity contribution is 5.92. The number of hydrogen-bond acceptors (Lipinski definition) is 1. The smallest absolute Gasteiger partial charge is 0.224 e. The first-order chi connectivity index (χ1) is 14.7. The number of halogens is 3. The fourth-order valence-electron chi connectivity index (χ4n) is 4.43. The number of hydrogen-bond donors (Lipinski definition) is 2. The predicted octanol–water partition coefficient (Wildman–Crippen LogP) is 6.35. The second kappa shape index (κ2) is 7.91. The molecule has 31 heavy (non-hydrogen) atoms. The molecule has 2 aliphatic rings. The Morgan fingerprint density at radius 3 is 2.23 bits per heavy atom. The Labute approximate surface area is 179 Å². The van der Waals surface area contributed by atoms with Crippen LogP contribution in [-0.2, 0) is 4.79 Å². The number of nitrogens with two attached hydrogens (primary N) is 1. The summed E-state index contributed by atoms with van der Waals surface area (Å²) in [5, 5.41) is 0.599. The van der Waals surface area contributed by atoms with Crippen molar-refractivity contribution in [1.29, 1.82) is 0 Å². The number of nitrogens with one attached hydrogen (secondary N) is 1. The fraction of sp³-hybridized carbons (Fsp3) is 0.320. The second-order valence-corrected chi connectivity index (χ2v) is 8.89. The van der Waals surface area contributed by atoms with Gasteiger partial charge >= 0.3 is 0 Å². The lowest BCUT2D eigenvalue weighted by molar-refractivity contribution is -0.128. The SMILES string of the molecule is C=C1CC(C)(C(N)=O)C1.Fc1ccc(-c2[nH]c3c(F)cc(F)cc3c2C2CCC2)cc1. The molecule has 2 aliphatic carbocycles. The molecule has 6 heteroatoms. The van der Waals surface area contributed by atoms with Crippen LogP contribution in [0.3, 0.4) is 0 Å². The molecule has 0 unspecified atom stereocenters. The lowest BCUT2D eigenvalue weighted by atomic mass is 9.67. The summed E-state index contributed by atoms with van der Waals surface area (Å²) < 4.78 is 40.8. The van der Waals surface area contributed by atoms with Crippen LogP contribution in [0.5, 0.6) is 0 Å². The van der Waals surface area contributed by atoms with Crippen LogP contribution in [-0.4, -0.2) is 10.9 Å². The summed E-state index contributed by atoms with van der Waals surface area (Å²) in [6.45, 7) is 5.61. The van der Waals surface area contributed by atoms with Gasteiger partial charge in [-0.05, 0) is 73.1 Å². The van der Waals surface area contributed by atoms with E-state index in [-0.39, 0.29) is 17.1 Å². The predicted molar refractivity (Wildman–Crippen MR) is 116 cm³/mol. The van der Waals surface area contributed by atoms with E-state index in [4.69, 9.17) is 5.73 Å². The van der Waals surface area contributed by atoms with Crippen molar-refractivity contribution < 1.29 is 18.0 Å². The van der Waals surface area contributed by atoms with Crippen molar-refractivity contribution in [1.82, 2.24) is 4.98 Å². The topological polar surface area (TPSA) is 58.9 Å². The lowest BCUT2D eigenvalue weighted by Crippen LogP contribution is -2.41. The summed E-state index contributed by atoms with van der Waals surface area (Å²) in [6, 6.07) is 8.35. The Hall–Kier alpha value is -3.02. The van der Waals surface area contributed by atoms with Gasteiger partial charge in [0, 0.05) is 11.5 Å². The van der Waals surface area contributed by atoms with Crippen LogP contribution in [0, 0.1) is 22.9 Å². The van der Waals surface area contributed by atoms with Crippen LogP contribution in [0.4, 0.5) is 13.2 Å². The second-order valence-electron chi connectivity index (χ2n) is 8.89. The molecule has 3 aromatic rings. The molecule has 2 saturated carbocycles. The van der Waals surface area contributed by atoms with Gasteiger partial charge in [-0.3, -0.25) is 4.79 Å². The maximum absolute atomic E-state index is 14.1. The Balaban J connectivity index is 0.000000217. The molecular formula is C25H25F3N2O. The van der Waals surface area contributed by atoms with E-state index in [1.165, 1.54) is 18.2 Å². The Kier molecular flexibility index (Phi) is 5.42. The average Bonchev–Trinajstić information content (AvgIpc) is 3.00. The number of primary amides is 1. The van der Waals surface area contributed by atoms with Gasteiger partial charge in [0.25, 0.3) is 0 Å². The van der Waals surface area contributed by atoms with Crippen molar-refractivity contribution in [3.63, 3.8) is 0 Å². The molecule has 3 nitrogen and oxygen atoms in total. The summed E-state index contributed by atoms with van der Waals surface area (Å²) in [7, 11) is 0. The molecule has 3 N–H and O–H groups in total. The van der Waals surface area contributed by atoms with Crippen molar-refractivity contribution in [2.45, 2.75) is 44.9 Å². The molecular weight excluding hydrogens is 401 g/mol. The number of allylic oxidation sites excluding steroid dienone is 1. The molecule has 1 heterocycles. The number of carbonyl (C=O) groups excluding carboxylic acids is 1. The zero-order valence-corrected chi connectivity index (χ0v) is 17.4. The Morgan fingerprint density at radius 2 is 1.74 bits per heavy atom. The quantitative estimate of drug-likeness (QED) is 0.471. The van der Waals surface area contributed by atoms with Crippen LogP contribution in [0.1, 0.15) is 50.5 Å². The minimum absolute atomic E-state index is 0.199. The molecule has 0 atom stereocenters. The average molecular weight is 426 g/mol. The van der Waals surface area contributed by atoms with E-state index in [0.29, 0.717) is 16.8 Å². The highest BCUT2D eigenvalue weighted by Crippen LogP contribution is 2.45. The number of H-pyrrole nitrogens is 1. The molecule has 2 aromatic carbocycles. The standard InChI is InChI=1S/C18H14F3N.C7H11NO/c19-12-6-4-11(5-7-12)17-16(10-2-1-3-10)14-8-13(20)9-15(21)18(14)22-17;1-5-3-7(2,4-5)6(8)9/h4-10,22H,1-3H2;1,3-4H2,2H3,(H2,8,9). The van der Waals surface area contributed by atoms with E-state index in [2.05, 4.69) is 11.6 Å². The van der Waals surface area contributed by atoms with Gasteiger partial charge in [-0.15, -0.1) is 0 Å². The first-order valence-corrected chi connectivity index (χ1v) is 10.4. The number of carbonyl (C=O) groups is 1. The summed E-state index contributed by atoms with van der Waals surface area (Å²) in [6.07, 6.45) is 4.71. The summed E-state index contributed by atoms with van der Waals surface area (Å²) in [4.78, 5) is 13.7. The molecule has 0 bridgehead atoms. The Morgan fingerprint density at radius 1 is 1.10 bits per heavy atom. The summed E-state index contributed by atoms with van der Waals surface area (Å²) >= 11 is 0. The van der Waals surface area contributed by atoms with Crippen molar-refractivity contribution in [2.75, 3.05) is 0 Å². The third kappa shape index (κ3) is 3.99. The van der Waals surface area contributed by atoms with Crippen LogP contribution in [0.2, 0.25) is 0 Å². The highest BCUT2D eigenvalue weighted by Gasteiger charge is 2.40. The summed E-state index contributed by atoms with van der Waals surface area (Å²) in [5.41, 5.74) is 8.81. The number of amides is 1. The maximum Gasteiger partial charge on any atom is 0.224 e. The van der Waals surface area contributed by atoms with Crippen molar-refractivity contribution in [3.8, 4) is 11.3 Å². The summed E-state index contributed by atoms with van der Waals surface area (Å²) in [5.74, 6) is -1.38. The maximum atomic E-state index is 14.1. The molecule has 2 fully saturated rings. The normalized spacial score (nSPS) is 17.5. The minimum Gasteiger partial charge on any atom is -0.369 e. The molecule has 162 valence electrons. The molecule has 0 spiro atoms. The van der Waals surface area contributed by atoms with E-state index in [1.807, 2.05) is 6.92 Å². The van der Waals surface area contributed by atoms with E-state index < -0.39 is 11.6 Å². The zero-order valence-electron chi connectivity index (χ0n) is 17.4. The number of aromatic nitrogens is 1. The lowest BCUT2D eigenvalue weighted by Gasteiger charge is -2.36. The van der Waals surface area contributed by atoms with Gasteiger partial charge in [0.1, 0.15) is 17.5 Å². The number of aromatic amines is 1. The van der Waals surface area contributed by atoms with E-state index >= 15 is 0 Å². The van der Waals surface area contributed by atoms with Crippen LogP contribution >= 0.6 is 0 Å². The molecule has 5 rings (SSSR count). The van der Waals surface area contributed by atoms with Gasteiger partial charge in [0.05, 0.1) is 16.6 Å². The Bertz CT molecular complexity index is 1150. The van der Waals surface area contributed by atoms with Gasteiger partial charge in [-0.1, -0.05) is 25.5 Å². The molecule has 1 amide bonds. The van der Waals surface area contributed by atoms with Crippen LogP contribution < -0.4 is 5.73 Å². The fourth-order valence-corrected chi connectivity index (χ4v) is 4.43. The minimum atomic E-state index is -0.594. The number of benzene rings is 2. The van der Waals surface area contributed by atoms with Gasteiger partial charge in [0.15, 0.2) is 0 Å². The molecule has 1 aromatic heterocycles. The molecule has 0 saturated heterocycles. The van der Waals surface area contributed by atoms with Gasteiger partial charge in [-0.25, -0.2) is 13.2 Å². The first-order valence-electron chi connectivity index (χ1n) is 10.4. The third-order valence-electron chi connectivity index (χ3n) is 6.39. The molecule has 0 aliphatic heterocycles. The van der Waals surface area contributed by atoms with E-state index in [1.54, 1.807) is 12.1 Å². The van der Waals surface area contributed by atoms with E-state index in [9.17, 15) is 18.0 Å². The van der Waals surface area contributed by atoms with Crippen molar-refractivity contribution >= 4 is 16.8 Å². The molecule has 0 radical (unpaired) electrons. The first kappa shape index (κ1) is 21.2.